The van der Waals surface area contributed by atoms with Crippen molar-refractivity contribution in [2.24, 2.45) is 0 Å². The fraction of sp³-hybridized carbons (Fsp3) is 0.263. The SMILES string of the molecule is CN(C)Cc1ccc(CNC(=O)c2ccc3c(c2)OCC(=O)N3)cc1. The van der Waals surface area contributed by atoms with Gasteiger partial charge in [0.1, 0.15) is 5.75 Å². The number of benzene rings is 2. The van der Waals surface area contributed by atoms with Gasteiger partial charge in [-0.1, -0.05) is 24.3 Å². The molecule has 1 heterocycles. The number of fused-ring (bicyclic) bond motifs is 1. The molecule has 2 N–H and O–H groups in total. The predicted octanol–water partition coefficient (Wildman–Crippen LogP) is 2.01. The first-order chi connectivity index (χ1) is 12.0. The highest BCUT2D eigenvalue weighted by molar-refractivity contribution is 5.98. The minimum absolute atomic E-state index is 0.0304. The summed E-state index contributed by atoms with van der Waals surface area (Å²) < 4.78 is 5.34. The molecule has 0 aromatic heterocycles. The molecule has 0 atom stereocenters. The molecule has 25 heavy (non-hydrogen) atoms. The molecule has 1 aliphatic heterocycles. The summed E-state index contributed by atoms with van der Waals surface area (Å²) in [5.74, 6) is 0.142. The zero-order valence-corrected chi connectivity index (χ0v) is 14.3. The fourth-order valence-electron chi connectivity index (χ4n) is 2.63. The summed E-state index contributed by atoms with van der Waals surface area (Å²) in [5, 5.41) is 5.60. The van der Waals surface area contributed by atoms with Crippen molar-refractivity contribution in [3.63, 3.8) is 0 Å². The van der Waals surface area contributed by atoms with Gasteiger partial charge in [-0.25, -0.2) is 0 Å². The molecule has 2 aromatic rings. The molecule has 6 nitrogen and oxygen atoms in total. The van der Waals surface area contributed by atoms with Gasteiger partial charge in [-0.3, -0.25) is 9.59 Å². The molecule has 0 spiro atoms. The van der Waals surface area contributed by atoms with E-state index in [9.17, 15) is 9.59 Å². The standard InChI is InChI=1S/C19H21N3O3/c1-22(2)11-14-5-3-13(4-6-14)10-20-19(24)15-7-8-16-17(9-15)25-12-18(23)21-16/h3-9H,10-12H2,1-2H3,(H,20,24)(H,21,23). The van der Waals surface area contributed by atoms with E-state index in [1.54, 1.807) is 18.2 Å². The van der Waals surface area contributed by atoms with Gasteiger partial charge in [0.05, 0.1) is 5.69 Å². The topological polar surface area (TPSA) is 70.7 Å². The highest BCUT2D eigenvalue weighted by Crippen LogP contribution is 2.28. The summed E-state index contributed by atoms with van der Waals surface area (Å²) in [6.45, 7) is 1.31. The molecule has 0 unspecified atom stereocenters. The highest BCUT2D eigenvalue weighted by atomic mass is 16.5. The van der Waals surface area contributed by atoms with Crippen LogP contribution in [0.3, 0.4) is 0 Å². The molecule has 2 aromatic carbocycles. The van der Waals surface area contributed by atoms with Gasteiger partial charge in [-0.15, -0.1) is 0 Å². The van der Waals surface area contributed by atoms with Crippen molar-refractivity contribution in [1.82, 2.24) is 10.2 Å². The van der Waals surface area contributed by atoms with E-state index in [-0.39, 0.29) is 18.4 Å². The largest absolute Gasteiger partial charge is 0.482 e. The maximum Gasteiger partial charge on any atom is 0.262 e. The van der Waals surface area contributed by atoms with E-state index in [1.807, 2.05) is 26.2 Å². The number of rotatable bonds is 5. The molecule has 2 amide bonds. The summed E-state index contributed by atoms with van der Waals surface area (Å²) >= 11 is 0. The number of hydrogen-bond donors (Lipinski definition) is 2. The minimum Gasteiger partial charge on any atom is -0.482 e. The van der Waals surface area contributed by atoms with Crippen LogP contribution in [-0.2, 0) is 17.9 Å². The Balaban J connectivity index is 1.60. The number of nitrogens with zero attached hydrogens (tertiary/aromatic N) is 1. The van der Waals surface area contributed by atoms with Crippen LogP contribution in [0.25, 0.3) is 0 Å². The lowest BCUT2D eigenvalue weighted by Gasteiger charge is -2.18. The van der Waals surface area contributed by atoms with Crippen LogP contribution in [0.5, 0.6) is 5.75 Å². The van der Waals surface area contributed by atoms with Crippen LogP contribution in [0.2, 0.25) is 0 Å². The van der Waals surface area contributed by atoms with E-state index >= 15 is 0 Å². The zero-order chi connectivity index (χ0) is 17.8. The molecule has 0 aliphatic carbocycles. The normalized spacial score (nSPS) is 13.0. The first kappa shape index (κ1) is 17.0. The van der Waals surface area contributed by atoms with Gasteiger partial charge in [0.15, 0.2) is 6.61 Å². The van der Waals surface area contributed by atoms with Crippen LogP contribution in [0.1, 0.15) is 21.5 Å². The summed E-state index contributed by atoms with van der Waals surface area (Å²) in [5.41, 5.74) is 3.36. The molecule has 0 saturated heterocycles. The molecule has 130 valence electrons. The van der Waals surface area contributed by atoms with Crippen LogP contribution >= 0.6 is 0 Å². The van der Waals surface area contributed by atoms with E-state index in [0.29, 0.717) is 23.5 Å². The molecule has 0 bridgehead atoms. The highest BCUT2D eigenvalue weighted by Gasteiger charge is 2.17. The summed E-state index contributed by atoms with van der Waals surface area (Å²) in [7, 11) is 4.06. The number of amides is 2. The van der Waals surface area contributed by atoms with Crippen LogP contribution in [0, 0.1) is 0 Å². The first-order valence-electron chi connectivity index (χ1n) is 8.09. The molecule has 0 radical (unpaired) electrons. The smallest absolute Gasteiger partial charge is 0.262 e. The third-order valence-corrected chi connectivity index (χ3v) is 3.85. The Kier molecular flexibility index (Phi) is 5.00. The van der Waals surface area contributed by atoms with E-state index in [2.05, 4.69) is 27.7 Å². The third-order valence-electron chi connectivity index (χ3n) is 3.85. The van der Waals surface area contributed by atoms with Crippen LogP contribution in [0.15, 0.2) is 42.5 Å². The number of anilines is 1. The van der Waals surface area contributed by atoms with Crippen LogP contribution < -0.4 is 15.4 Å². The van der Waals surface area contributed by atoms with Gasteiger partial charge in [-0.2, -0.15) is 0 Å². The van der Waals surface area contributed by atoms with E-state index < -0.39 is 0 Å². The number of ether oxygens (including phenoxy) is 1. The van der Waals surface area contributed by atoms with Crippen LogP contribution in [-0.4, -0.2) is 37.4 Å². The lowest BCUT2D eigenvalue weighted by Crippen LogP contribution is -2.26. The summed E-state index contributed by atoms with van der Waals surface area (Å²) in [6.07, 6.45) is 0. The zero-order valence-electron chi connectivity index (χ0n) is 14.3. The maximum absolute atomic E-state index is 12.3. The number of carbonyl (C=O) groups excluding carboxylic acids is 2. The Hall–Kier alpha value is -2.86. The van der Waals surface area contributed by atoms with Crippen molar-refractivity contribution in [3.05, 3.63) is 59.2 Å². The lowest BCUT2D eigenvalue weighted by atomic mass is 10.1. The molecular formula is C19H21N3O3. The van der Waals surface area contributed by atoms with Crippen molar-refractivity contribution in [2.45, 2.75) is 13.1 Å². The van der Waals surface area contributed by atoms with Crippen LogP contribution in [0.4, 0.5) is 5.69 Å². The van der Waals surface area contributed by atoms with Gasteiger partial charge in [0, 0.05) is 18.7 Å². The minimum atomic E-state index is -0.192. The number of carbonyl (C=O) groups is 2. The first-order valence-corrected chi connectivity index (χ1v) is 8.09. The van der Waals surface area contributed by atoms with Crippen molar-refractivity contribution in [2.75, 3.05) is 26.0 Å². The molecule has 3 rings (SSSR count). The summed E-state index contributed by atoms with van der Waals surface area (Å²) in [4.78, 5) is 25.7. The van der Waals surface area contributed by atoms with Crippen molar-refractivity contribution < 1.29 is 14.3 Å². The predicted molar refractivity (Wildman–Crippen MR) is 95.6 cm³/mol. The Bertz CT molecular complexity index is 785. The van der Waals surface area contributed by atoms with Gasteiger partial charge in [0.2, 0.25) is 0 Å². The van der Waals surface area contributed by atoms with Crippen molar-refractivity contribution >= 4 is 17.5 Å². The number of nitrogens with one attached hydrogen (secondary N) is 2. The molecule has 1 aliphatic rings. The Morgan fingerprint density at radius 3 is 2.60 bits per heavy atom. The Labute approximate surface area is 146 Å². The van der Waals surface area contributed by atoms with Crippen molar-refractivity contribution in [1.29, 1.82) is 0 Å². The van der Waals surface area contributed by atoms with Gasteiger partial charge < -0.3 is 20.3 Å². The molecule has 6 heteroatoms. The quantitative estimate of drug-likeness (QED) is 0.874. The second kappa shape index (κ2) is 7.36. The average molecular weight is 339 g/mol. The van der Waals surface area contributed by atoms with Gasteiger partial charge >= 0.3 is 0 Å². The van der Waals surface area contributed by atoms with E-state index in [0.717, 1.165) is 12.1 Å². The fourth-order valence-corrected chi connectivity index (χ4v) is 2.63. The monoisotopic (exact) mass is 339 g/mol. The Morgan fingerprint density at radius 1 is 1.16 bits per heavy atom. The Morgan fingerprint density at radius 2 is 1.88 bits per heavy atom. The van der Waals surface area contributed by atoms with Crippen molar-refractivity contribution in [3.8, 4) is 5.75 Å². The second-order valence-electron chi connectivity index (χ2n) is 6.28. The lowest BCUT2D eigenvalue weighted by molar-refractivity contribution is -0.118. The van der Waals surface area contributed by atoms with E-state index in [4.69, 9.17) is 4.74 Å². The van der Waals surface area contributed by atoms with E-state index in [1.165, 1.54) is 5.56 Å². The average Bonchev–Trinajstić information content (AvgIpc) is 2.60. The molecular weight excluding hydrogens is 318 g/mol. The third kappa shape index (κ3) is 4.36. The van der Waals surface area contributed by atoms with Gasteiger partial charge in [-0.05, 0) is 43.4 Å². The maximum atomic E-state index is 12.3. The second-order valence-corrected chi connectivity index (χ2v) is 6.28. The number of hydrogen-bond acceptors (Lipinski definition) is 4. The molecule has 0 fully saturated rings. The van der Waals surface area contributed by atoms with Gasteiger partial charge in [0.25, 0.3) is 11.8 Å². The molecule has 0 saturated carbocycles. The summed E-state index contributed by atoms with van der Waals surface area (Å²) in [6, 6.07) is 13.2.